The Bertz CT molecular complexity index is 338. The number of hydrogen-bond donors (Lipinski definition) is 0. The lowest BCUT2D eigenvalue weighted by Crippen LogP contribution is -2.09. The average Bonchev–Trinajstić information content (AvgIpc) is 2.25. The molecule has 0 fully saturated rings. The summed E-state index contributed by atoms with van der Waals surface area (Å²) in [4.78, 5) is 0. The van der Waals surface area contributed by atoms with E-state index in [1.165, 1.54) is 6.07 Å². The third-order valence-corrected chi connectivity index (χ3v) is 2.68. The van der Waals surface area contributed by atoms with E-state index >= 15 is 0 Å². The van der Waals surface area contributed by atoms with Crippen molar-refractivity contribution in [3.63, 3.8) is 0 Å². The minimum Gasteiger partial charge on any atom is -0.373 e. The normalized spacial score (nSPS) is 13.8. The molecular formula is C11H12BrF3O. The maximum Gasteiger partial charge on any atom is 0.416 e. The average molecular weight is 297 g/mol. The summed E-state index contributed by atoms with van der Waals surface area (Å²) in [5.41, 5.74) is -0.107. The van der Waals surface area contributed by atoms with Gasteiger partial charge in [0.05, 0.1) is 11.7 Å². The van der Waals surface area contributed by atoms with Gasteiger partial charge in [0.2, 0.25) is 0 Å². The number of halogens is 4. The fourth-order valence-corrected chi connectivity index (χ4v) is 1.91. The van der Waals surface area contributed by atoms with E-state index in [1.807, 2.05) is 6.92 Å². The molecule has 0 saturated heterocycles. The largest absolute Gasteiger partial charge is 0.416 e. The lowest BCUT2D eigenvalue weighted by atomic mass is 10.1. The van der Waals surface area contributed by atoms with Crippen LogP contribution in [0, 0.1) is 0 Å². The second-order valence-electron chi connectivity index (χ2n) is 3.22. The second-order valence-corrected chi connectivity index (χ2v) is 3.87. The van der Waals surface area contributed by atoms with E-state index in [2.05, 4.69) is 15.9 Å². The van der Waals surface area contributed by atoms with Gasteiger partial charge in [-0.2, -0.15) is 13.2 Å². The molecule has 1 atom stereocenters. The van der Waals surface area contributed by atoms with E-state index in [-0.39, 0.29) is 6.10 Å². The molecule has 0 heterocycles. The van der Waals surface area contributed by atoms with E-state index in [9.17, 15) is 13.2 Å². The fraction of sp³-hybridized carbons (Fsp3) is 0.455. The van der Waals surface area contributed by atoms with E-state index in [4.69, 9.17) is 4.74 Å². The molecule has 1 nitrogen and oxygen atoms in total. The van der Waals surface area contributed by atoms with Crippen LogP contribution in [0.2, 0.25) is 0 Å². The number of hydrogen-bond acceptors (Lipinski definition) is 1. The van der Waals surface area contributed by atoms with E-state index in [1.54, 1.807) is 6.07 Å². The van der Waals surface area contributed by atoms with Gasteiger partial charge in [-0.05, 0) is 24.6 Å². The zero-order valence-corrected chi connectivity index (χ0v) is 10.3. The lowest BCUT2D eigenvalue weighted by Gasteiger charge is -2.16. The molecule has 0 aliphatic heterocycles. The van der Waals surface area contributed by atoms with Crippen LogP contribution in [0.3, 0.4) is 0 Å². The van der Waals surface area contributed by atoms with Crippen LogP contribution in [0.5, 0.6) is 0 Å². The Hall–Kier alpha value is -0.550. The monoisotopic (exact) mass is 296 g/mol. The molecule has 0 radical (unpaired) electrons. The zero-order valence-electron chi connectivity index (χ0n) is 8.72. The molecule has 1 rings (SSSR count). The van der Waals surface area contributed by atoms with Gasteiger partial charge < -0.3 is 4.74 Å². The Morgan fingerprint density at radius 1 is 1.38 bits per heavy atom. The van der Waals surface area contributed by atoms with Gasteiger partial charge in [-0.3, -0.25) is 0 Å². The molecule has 0 N–H and O–H groups in total. The van der Waals surface area contributed by atoms with Crippen LogP contribution in [-0.2, 0) is 10.9 Å². The van der Waals surface area contributed by atoms with Crippen LogP contribution in [-0.4, -0.2) is 11.9 Å². The van der Waals surface area contributed by atoms with Crippen molar-refractivity contribution in [1.82, 2.24) is 0 Å². The van der Waals surface area contributed by atoms with Crippen molar-refractivity contribution in [2.45, 2.75) is 19.2 Å². The predicted molar refractivity (Wildman–Crippen MR) is 59.6 cm³/mol. The summed E-state index contributed by atoms with van der Waals surface area (Å²) in [6.07, 6.45) is -4.65. The first-order chi connectivity index (χ1) is 7.49. The SMILES string of the molecule is CCOC(CBr)c1cccc(C(F)(F)F)c1. The summed E-state index contributed by atoms with van der Waals surface area (Å²) in [6, 6.07) is 5.21. The standard InChI is InChI=1S/C11H12BrF3O/c1-2-16-10(7-12)8-4-3-5-9(6-8)11(13,14)15/h3-6,10H,2,7H2,1H3. The van der Waals surface area contributed by atoms with Crippen LogP contribution < -0.4 is 0 Å². The quantitative estimate of drug-likeness (QED) is 0.758. The van der Waals surface area contributed by atoms with Gasteiger partial charge in [0.25, 0.3) is 0 Å². The molecule has 0 spiro atoms. The molecule has 0 aliphatic carbocycles. The summed E-state index contributed by atoms with van der Waals surface area (Å²) < 4.78 is 42.7. The number of alkyl halides is 4. The summed E-state index contributed by atoms with van der Waals surface area (Å²) >= 11 is 3.22. The minimum absolute atomic E-state index is 0.340. The maximum absolute atomic E-state index is 12.5. The summed E-state index contributed by atoms with van der Waals surface area (Å²) in [7, 11) is 0. The van der Waals surface area contributed by atoms with Crippen molar-refractivity contribution < 1.29 is 17.9 Å². The smallest absolute Gasteiger partial charge is 0.373 e. The molecule has 1 unspecified atom stereocenters. The number of ether oxygens (including phenoxy) is 1. The molecule has 0 aliphatic rings. The topological polar surface area (TPSA) is 9.23 Å². The van der Waals surface area contributed by atoms with E-state index in [0.29, 0.717) is 17.5 Å². The fourth-order valence-electron chi connectivity index (χ4n) is 1.35. The molecule has 16 heavy (non-hydrogen) atoms. The Morgan fingerprint density at radius 2 is 2.06 bits per heavy atom. The van der Waals surface area contributed by atoms with Crippen molar-refractivity contribution in [3.8, 4) is 0 Å². The predicted octanol–water partition coefficient (Wildman–Crippen LogP) is 4.18. The highest BCUT2D eigenvalue weighted by molar-refractivity contribution is 9.09. The van der Waals surface area contributed by atoms with Crippen molar-refractivity contribution >= 4 is 15.9 Å². The van der Waals surface area contributed by atoms with Crippen LogP contribution in [0.4, 0.5) is 13.2 Å². The molecular weight excluding hydrogens is 285 g/mol. The van der Waals surface area contributed by atoms with Crippen molar-refractivity contribution in [3.05, 3.63) is 35.4 Å². The van der Waals surface area contributed by atoms with Crippen LogP contribution in [0.15, 0.2) is 24.3 Å². The van der Waals surface area contributed by atoms with Gasteiger partial charge in [-0.1, -0.05) is 28.1 Å². The maximum atomic E-state index is 12.5. The van der Waals surface area contributed by atoms with Crippen LogP contribution in [0.1, 0.15) is 24.2 Å². The van der Waals surface area contributed by atoms with E-state index in [0.717, 1.165) is 12.1 Å². The highest BCUT2D eigenvalue weighted by Gasteiger charge is 2.30. The van der Waals surface area contributed by atoms with Crippen molar-refractivity contribution in [2.24, 2.45) is 0 Å². The molecule has 0 bridgehead atoms. The van der Waals surface area contributed by atoms with Crippen LogP contribution >= 0.6 is 15.9 Å². The first-order valence-corrected chi connectivity index (χ1v) is 5.96. The highest BCUT2D eigenvalue weighted by atomic mass is 79.9. The Balaban J connectivity index is 2.97. The first kappa shape index (κ1) is 13.5. The van der Waals surface area contributed by atoms with Gasteiger partial charge >= 0.3 is 6.18 Å². The van der Waals surface area contributed by atoms with Crippen LogP contribution in [0.25, 0.3) is 0 Å². The van der Waals surface area contributed by atoms with E-state index < -0.39 is 11.7 Å². The van der Waals surface area contributed by atoms with Gasteiger partial charge in [-0.15, -0.1) is 0 Å². The van der Waals surface area contributed by atoms with Crippen molar-refractivity contribution in [1.29, 1.82) is 0 Å². The van der Waals surface area contributed by atoms with Crippen molar-refractivity contribution in [2.75, 3.05) is 11.9 Å². The molecule has 90 valence electrons. The Labute approximate surface area is 101 Å². The second kappa shape index (κ2) is 5.68. The van der Waals surface area contributed by atoms with Gasteiger partial charge in [-0.25, -0.2) is 0 Å². The molecule has 1 aromatic carbocycles. The third-order valence-electron chi connectivity index (χ3n) is 2.09. The Morgan fingerprint density at radius 3 is 2.56 bits per heavy atom. The summed E-state index contributed by atoms with van der Waals surface area (Å²) in [5.74, 6) is 0. The first-order valence-electron chi connectivity index (χ1n) is 4.83. The van der Waals surface area contributed by atoms with Gasteiger partial charge in [0.1, 0.15) is 0 Å². The van der Waals surface area contributed by atoms with Gasteiger partial charge in [0, 0.05) is 11.9 Å². The summed E-state index contributed by atoms with van der Waals surface area (Å²) in [5, 5.41) is 0.474. The molecule has 5 heteroatoms. The molecule has 0 saturated carbocycles. The Kier molecular flexibility index (Phi) is 4.80. The molecule has 0 amide bonds. The number of benzene rings is 1. The lowest BCUT2D eigenvalue weighted by molar-refractivity contribution is -0.137. The molecule has 1 aromatic rings. The third kappa shape index (κ3) is 3.49. The highest BCUT2D eigenvalue weighted by Crippen LogP contribution is 2.31. The zero-order chi connectivity index (χ0) is 12.2. The number of rotatable bonds is 4. The molecule has 0 aromatic heterocycles. The summed E-state index contributed by atoms with van der Waals surface area (Å²) in [6.45, 7) is 2.27. The minimum atomic E-state index is -4.31. The van der Waals surface area contributed by atoms with Gasteiger partial charge in [0.15, 0.2) is 0 Å².